The number of carbonyl (C=O) groups is 1. The molecule has 5 rings (SSSR count). The number of benzene rings is 1. The van der Waals surface area contributed by atoms with Gasteiger partial charge in [0.2, 0.25) is 5.95 Å². The lowest BCUT2D eigenvalue weighted by molar-refractivity contribution is 0.0704. The lowest BCUT2D eigenvalue weighted by atomic mass is 10.0. The Labute approximate surface area is 178 Å². The van der Waals surface area contributed by atoms with Crippen molar-refractivity contribution in [1.82, 2.24) is 25.2 Å². The van der Waals surface area contributed by atoms with Gasteiger partial charge in [-0.25, -0.2) is 15.0 Å². The Hall–Kier alpha value is -3.17. The highest BCUT2D eigenvalue weighted by atomic mass is 32.1. The predicted molar refractivity (Wildman–Crippen MR) is 118 cm³/mol. The summed E-state index contributed by atoms with van der Waals surface area (Å²) in [6.07, 6.45) is 3.67. The Kier molecular flexibility index (Phi) is 4.97. The van der Waals surface area contributed by atoms with Crippen molar-refractivity contribution in [2.75, 3.05) is 25.0 Å². The van der Waals surface area contributed by atoms with E-state index >= 15 is 0 Å². The van der Waals surface area contributed by atoms with Crippen LogP contribution in [0, 0.1) is 0 Å². The van der Waals surface area contributed by atoms with Crippen LogP contribution < -0.4 is 10.6 Å². The molecule has 0 radical (unpaired) electrons. The number of anilines is 2. The molecule has 2 aliphatic rings. The molecule has 2 aliphatic heterocycles. The summed E-state index contributed by atoms with van der Waals surface area (Å²) in [5.74, 6) is 0.413. The van der Waals surface area contributed by atoms with Crippen LogP contribution >= 0.6 is 11.3 Å². The van der Waals surface area contributed by atoms with Gasteiger partial charge in [0.1, 0.15) is 5.69 Å². The van der Waals surface area contributed by atoms with E-state index in [0.717, 1.165) is 28.9 Å². The minimum atomic E-state index is -0.0402. The molecule has 1 amide bonds. The van der Waals surface area contributed by atoms with Gasteiger partial charge in [-0.15, -0.1) is 11.3 Å². The second kappa shape index (κ2) is 7.92. The number of fused-ring (bicyclic) bond motifs is 3. The third-order valence-electron chi connectivity index (χ3n) is 5.17. The van der Waals surface area contributed by atoms with Crippen molar-refractivity contribution in [3.8, 4) is 11.3 Å². The van der Waals surface area contributed by atoms with E-state index in [2.05, 4.69) is 32.5 Å². The largest absolute Gasteiger partial charge is 0.334 e. The molecule has 0 saturated carbocycles. The Morgan fingerprint density at radius 3 is 3.10 bits per heavy atom. The van der Waals surface area contributed by atoms with Crippen LogP contribution in [-0.4, -0.2) is 57.6 Å². The zero-order chi connectivity index (χ0) is 20.5. The molecule has 0 bridgehead atoms. The van der Waals surface area contributed by atoms with Crippen molar-refractivity contribution in [3.05, 3.63) is 52.7 Å². The maximum Gasteiger partial charge on any atom is 0.273 e. The Morgan fingerprint density at radius 1 is 1.30 bits per heavy atom. The first kappa shape index (κ1) is 18.8. The normalized spacial score (nSPS) is 17.8. The number of piperazine rings is 1. The third-order valence-corrected chi connectivity index (χ3v) is 5.93. The number of nitrogens with zero attached hydrogens (tertiary/aromatic N) is 5. The molecule has 1 fully saturated rings. The van der Waals surface area contributed by atoms with Gasteiger partial charge in [0, 0.05) is 60.2 Å². The number of nitrogens with one attached hydrogen (secondary N) is 2. The van der Waals surface area contributed by atoms with Crippen LogP contribution in [0.3, 0.4) is 0 Å². The molecule has 9 heteroatoms. The second-order valence-electron chi connectivity index (χ2n) is 7.39. The van der Waals surface area contributed by atoms with Crippen LogP contribution in [0.15, 0.2) is 40.8 Å². The van der Waals surface area contributed by atoms with Gasteiger partial charge in [-0.2, -0.15) is 0 Å². The van der Waals surface area contributed by atoms with Gasteiger partial charge >= 0.3 is 0 Å². The van der Waals surface area contributed by atoms with E-state index < -0.39 is 0 Å². The zero-order valence-corrected chi connectivity index (χ0v) is 17.3. The quantitative estimate of drug-likeness (QED) is 0.678. The van der Waals surface area contributed by atoms with E-state index in [1.165, 1.54) is 11.3 Å². The summed E-state index contributed by atoms with van der Waals surface area (Å²) in [4.78, 5) is 32.7. The summed E-state index contributed by atoms with van der Waals surface area (Å²) in [7, 11) is 0. The molecule has 0 spiro atoms. The monoisotopic (exact) mass is 419 g/mol. The predicted octanol–water partition coefficient (Wildman–Crippen LogP) is 2.71. The molecule has 1 saturated heterocycles. The molecular formula is C21H21N7OS. The van der Waals surface area contributed by atoms with E-state index in [1.54, 1.807) is 11.6 Å². The van der Waals surface area contributed by atoms with Crippen LogP contribution in [0.25, 0.3) is 11.3 Å². The molecule has 2 aromatic heterocycles. The van der Waals surface area contributed by atoms with Gasteiger partial charge in [-0.1, -0.05) is 24.3 Å². The van der Waals surface area contributed by atoms with Crippen molar-refractivity contribution in [1.29, 1.82) is 0 Å². The second-order valence-corrected chi connectivity index (χ2v) is 8.25. The zero-order valence-electron chi connectivity index (χ0n) is 16.5. The van der Waals surface area contributed by atoms with Crippen LogP contribution in [0.5, 0.6) is 0 Å². The summed E-state index contributed by atoms with van der Waals surface area (Å²) in [6, 6.07) is 8.34. The van der Waals surface area contributed by atoms with E-state index in [-0.39, 0.29) is 5.91 Å². The maximum absolute atomic E-state index is 12.7. The average Bonchev–Trinajstić information content (AvgIpc) is 3.14. The number of carbonyl (C=O) groups excluding carboxylic acids is 1. The molecule has 2 N–H and O–H groups in total. The van der Waals surface area contributed by atoms with E-state index in [9.17, 15) is 4.79 Å². The molecular weight excluding hydrogens is 398 g/mol. The fraction of sp³-hybridized carbons (Fsp3) is 0.286. The Morgan fingerprint density at radius 2 is 2.20 bits per heavy atom. The molecule has 3 aromatic rings. The topological polar surface area (TPSA) is 95.4 Å². The summed E-state index contributed by atoms with van der Waals surface area (Å²) < 4.78 is 0. The number of rotatable bonds is 3. The first-order chi connectivity index (χ1) is 14.7. The van der Waals surface area contributed by atoms with Gasteiger partial charge in [-0.3, -0.25) is 9.79 Å². The fourth-order valence-electron chi connectivity index (χ4n) is 3.69. The van der Waals surface area contributed by atoms with Crippen LogP contribution in [0.1, 0.15) is 28.5 Å². The van der Waals surface area contributed by atoms with E-state index in [4.69, 9.17) is 4.98 Å². The number of thiazole rings is 1. The lowest BCUT2D eigenvalue weighted by Gasteiger charge is -2.31. The highest BCUT2D eigenvalue weighted by Gasteiger charge is 2.23. The highest BCUT2D eigenvalue weighted by molar-refractivity contribution is 7.14. The van der Waals surface area contributed by atoms with Crippen LogP contribution in [0.2, 0.25) is 0 Å². The maximum atomic E-state index is 12.7. The van der Waals surface area contributed by atoms with Crippen LogP contribution in [-0.2, 0) is 6.54 Å². The van der Waals surface area contributed by atoms with Crippen molar-refractivity contribution in [3.63, 3.8) is 0 Å². The van der Waals surface area contributed by atoms with Crippen molar-refractivity contribution < 1.29 is 4.79 Å². The Bertz CT molecular complexity index is 1130. The molecule has 0 unspecified atom stereocenters. The number of aliphatic imine (C=N–C) groups is 1. The molecule has 0 aliphatic carbocycles. The average molecular weight is 420 g/mol. The first-order valence-corrected chi connectivity index (χ1v) is 10.8. The SMILES string of the molecule is C[C@@H]1CN(C(=O)c2csc(Nc3ncc4c(n3)-c3ccccc3C=NC4)n2)CCN1. The minimum Gasteiger partial charge on any atom is -0.334 e. The molecule has 1 aromatic carbocycles. The molecule has 8 nitrogen and oxygen atoms in total. The molecule has 1 atom stereocenters. The van der Waals surface area contributed by atoms with Gasteiger partial charge < -0.3 is 15.5 Å². The number of amides is 1. The van der Waals surface area contributed by atoms with Gasteiger partial charge in [0.05, 0.1) is 12.2 Å². The molecule has 152 valence electrons. The highest BCUT2D eigenvalue weighted by Crippen LogP contribution is 2.29. The lowest BCUT2D eigenvalue weighted by Crippen LogP contribution is -2.51. The molecule has 30 heavy (non-hydrogen) atoms. The van der Waals surface area contributed by atoms with Gasteiger partial charge in [0.15, 0.2) is 5.13 Å². The van der Waals surface area contributed by atoms with Gasteiger partial charge in [-0.05, 0) is 6.92 Å². The third kappa shape index (κ3) is 3.69. The van der Waals surface area contributed by atoms with Crippen molar-refractivity contribution in [2.24, 2.45) is 4.99 Å². The van der Waals surface area contributed by atoms with E-state index in [1.807, 2.05) is 35.4 Å². The molecule has 4 heterocycles. The number of hydrogen-bond acceptors (Lipinski definition) is 8. The van der Waals surface area contributed by atoms with Crippen molar-refractivity contribution in [2.45, 2.75) is 19.5 Å². The summed E-state index contributed by atoms with van der Waals surface area (Å²) >= 11 is 1.37. The first-order valence-electron chi connectivity index (χ1n) is 9.88. The Balaban J connectivity index is 1.37. The summed E-state index contributed by atoms with van der Waals surface area (Å²) in [6.45, 7) is 4.80. The number of aromatic nitrogens is 3. The van der Waals surface area contributed by atoms with Crippen molar-refractivity contribution >= 4 is 34.5 Å². The van der Waals surface area contributed by atoms with Crippen LogP contribution in [0.4, 0.5) is 11.1 Å². The standard InChI is InChI=1S/C21H21N7OS/c1-13-11-28(7-6-23-13)19(29)17-12-30-21(25-17)27-20-24-10-15-9-22-8-14-4-2-3-5-16(14)18(15)26-20/h2-5,8,10,12-13,23H,6-7,9,11H2,1H3,(H,24,25,26,27)/t13-/m1/s1. The smallest absolute Gasteiger partial charge is 0.273 e. The summed E-state index contributed by atoms with van der Waals surface area (Å²) in [5.41, 5.74) is 4.35. The van der Waals surface area contributed by atoms with Gasteiger partial charge in [0.25, 0.3) is 5.91 Å². The fourth-order valence-corrected chi connectivity index (χ4v) is 4.37. The minimum absolute atomic E-state index is 0.0402. The summed E-state index contributed by atoms with van der Waals surface area (Å²) in [5, 5.41) is 8.88. The number of hydrogen-bond donors (Lipinski definition) is 2. The van der Waals surface area contributed by atoms with E-state index in [0.29, 0.717) is 42.4 Å².